The monoisotopic (exact) mass is 343 g/mol. The zero-order chi connectivity index (χ0) is 17.8. The quantitative estimate of drug-likeness (QED) is 0.719. The Kier molecular flexibility index (Phi) is 5.21. The molecule has 134 valence electrons. The van der Waals surface area contributed by atoms with E-state index in [1.165, 1.54) is 0 Å². The Morgan fingerprint density at radius 1 is 1.36 bits per heavy atom. The second-order valence-corrected chi connectivity index (χ2v) is 6.88. The van der Waals surface area contributed by atoms with Crippen molar-refractivity contribution < 1.29 is 9.59 Å². The number of fused-ring (bicyclic) bond motifs is 1. The van der Waals surface area contributed by atoms with Crippen molar-refractivity contribution in [3.63, 3.8) is 0 Å². The Morgan fingerprint density at radius 3 is 2.92 bits per heavy atom. The van der Waals surface area contributed by atoms with Gasteiger partial charge >= 0.3 is 6.03 Å². The van der Waals surface area contributed by atoms with E-state index in [4.69, 9.17) is 5.73 Å². The van der Waals surface area contributed by atoms with Gasteiger partial charge in [-0.05, 0) is 30.9 Å². The zero-order valence-corrected chi connectivity index (χ0v) is 14.5. The first-order valence-electron chi connectivity index (χ1n) is 8.78. The van der Waals surface area contributed by atoms with Crippen LogP contribution in [0.1, 0.15) is 25.6 Å². The van der Waals surface area contributed by atoms with Crippen molar-refractivity contribution in [1.82, 2.24) is 20.2 Å². The van der Waals surface area contributed by atoms with E-state index in [1.54, 1.807) is 4.90 Å². The van der Waals surface area contributed by atoms with Gasteiger partial charge in [-0.1, -0.05) is 19.1 Å². The van der Waals surface area contributed by atoms with Gasteiger partial charge in [-0.3, -0.25) is 4.79 Å². The summed E-state index contributed by atoms with van der Waals surface area (Å²) in [6, 6.07) is 7.79. The van der Waals surface area contributed by atoms with Crippen LogP contribution in [0.2, 0.25) is 0 Å². The topological polar surface area (TPSA) is 104 Å². The number of nitrogens with zero attached hydrogens (tertiary/aromatic N) is 2. The molecule has 3 rings (SSSR count). The summed E-state index contributed by atoms with van der Waals surface area (Å²) in [5.74, 6) is 0.641. The third-order valence-corrected chi connectivity index (χ3v) is 4.65. The van der Waals surface area contributed by atoms with Gasteiger partial charge in [0.15, 0.2) is 0 Å². The van der Waals surface area contributed by atoms with Crippen LogP contribution in [-0.2, 0) is 11.2 Å². The molecule has 3 amide bonds. The van der Waals surface area contributed by atoms with Gasteiger partial charge in [-0.2, -0.15) is 0 Å². The third kappa shape index (κ3) is 4.29. The number of piperidine rings is 1. The van der Waals surface area contributed by atoms with Crippen molar-refractivity contribution in [2.24, 2.45) is 17.6 Å². The summed E-state index contributed by atoms with van der Waals surface area (Å²) < 4.78 is 0. The highest BCUT2D eigenvalue weighted by Crippen LogP contribution is 2.21. The first-order valence-corrected chi connectivity index (χ1v) is 8.78. The fourth-order valence-electron chi connectivity index (χ4n) is 3.41. The van der Waals surface area contributed by atoms with Crippen molar-refractivity contribution in [1.29, 1.82) is 0 Å². The average Bonchev–Trinajstić information content (AvgIpc) is 3.00. The third-order valence-electron chi connectivity index (χ3n) is 4.65. The molecule has 7 nitrogen and oxygen atoms in total. The maximum absolute atomic E-state index is 12.3. The van der Waals surface area contributed by atoms with E-state index in [-0.39, 0.29) is 23.8 Å². The number of nitrogens with one attached hydrogen (secondary N) is 2. The molecule has 4 N–H and O–H groups in total. The molecule has 0 saturated carbocycles. The zero-order valence-electron chi connectivity index (χ0n) is 14.5. The lowest BCUT2D eigenvalue weighted by atomic mass is 9.90. The first kappa shape index (κ1) is 17.3. The Morgan fingerprint density at radius 2 is 2.16 bits per heavy atom. The van der Waals surface area contributed by atoms with E-state index in [1.807, 2.05) is 31.2 Å². The molecule has 7 heteroatoms. The molecule has 1 aromatic heterocycles. The van der Waals surface area contributed by atoms with E-state index in [0.29, 0.717) is 19.6 Å². The highest BCUT2D eigenvalue weighted by Gasteiger charge is 2.30. The number of aromatic amines is 1. The van der Waals surface area contributed by atoms with E-state index in [9.17, 15) is 9.59 Å². The normalized spacial score (nSPS) is 20.6. The number of H-pyrrole nitrogens is 1. The second-order valence-electron chi connectivity index (χ2n) is 6.88. The van der Waals surface area contributed by atoms with E-state index < -0.39 is 0 Å². The fraction of sp³-hybridized carbons (Fsp3) is 0.500. The molecule has 2 unspecified atom stereocenters. The maximum Gasteiger partial charge on any atom is 0.317 e. The van der Waals surface area contributed by atoms with Gasteiger partial charge in [0.25, 0.3) is 0 Å². The van der Waals surface area contributed by atoms with Crippen LogP contribution in [0.5, 0.6) is 0 Å². The molecule has 1 aromatic carbocycles. The molecule has 2 heterocycles. The smallest absolute Gasteiger partial charge is 0.317 e. The summed E-state index contributed by atoms with van der Waals surface area (Å²) in [7, 11) is 0. The molecule has 2 atom stereocenters. The summed E-state index contributed by atoms with van der Waals surface area (Å²) in [6.45, 7) is 3.69. The molecule has 0 radical (unpaired) electrons. The minimum atomic E-state index is -0.325. The number of likely N-dealkylation sites (tertiary alicyclic amines) is 1. The number of benzene rings is 1. The van der Waals surface area contributed by atoms with Crippen LogP contribution in [-0.4, -0.2) is 46.4 Å². The number of primary amides is 1. The number of rotatable bonds is 5. The summed E-state index contributed by atoms with van der Waals surface area (Å²) in [4.78, 5) is 33.2. The number of imidazole rings is 1. The second kappa shape index (κ2) is 7.55. The van der Waals surface area contributed by atoms with E-state index in [0.717, 1.165) is 36.1 Å². The Bertz CT molecular complexity index is 724. The van der Waals surface area contributed by atoms with Gasteiger partial charge in [0.1, 0.15) is 5.82 Å². The van der Waals surface area contributed by atoms with Crippen molar-refractivity contribution >= 4 is 23.0 Å². The number of carbonyl (C=O) groups excluding carboxylic acids is 2. The lowest BCUT2D eigenvalue weighted by molar-refractivity contribution is -0.123. The van der Waals surface area contributed by atoms with Crippen LogP contribution in [0, 0.1) is 11.8 Å². The SMILES string of the molecule is CC1CC(C(N)=O)CN(C(=O)NCCCc2nc3ccccc3[nH]2)C1. The molecule has 0 bridgehead atoms. The van der Waals surface area contributed by atoms with Gasteiger partial charge < -0.3 is 20.9 Å². The molecular formula is C18H25N5O2. The predicted octanol–water partition coefficient (Wildman–Crippen LogP) is 1.65. The van der Waals surface area contributed by atoms with Gasteiger partial charge in [0.05, 0.1) is 17.0 Å². The van der Waals surface area contributed by atoms with Crippen LogP contribution in [0.25, 0.3) is 11.0 Å². The van der Waals surface area contributed by atoms with Crippen LogP contribution < -0.4 is 11.1 Å². The Balaban J connectivity index is 1.45. The van der Waals surface area contributed by atoms with E-state index >= 15 is 0 Å². The minimum absolute atomic E-state index is 0.123. The number of para-hydroxylation sites is 2. The standard InChI is InChI=1S/C18H25N5O2/c1-12-9-13(17(19)24)11-23(10-12)18(25)20-8-4-7-16-21-14-5-2-3-6-15(14)22-16/h2-3,5-6,12-13H,4,7-11H2,1H3,(H2,19,24)(H,20,25)(H,21,22). The van der Waals surface area contributed by atoms with Crippen LogP contribution >= 0.6 is 0 Å². The van der Waals surface area contributed by atoms with Crippen LogP contribution in [0.3, 0.4) is 0 Å². The Hall–Kier alpha value is -2.57. The number of hydrogen-bond donors (Lipinski definition) is 3. The van der Waals surface area contributed by atoms with E-state index in [2.05, 4.69) is 15.3 Å². The lowest BCUT2D eigenvalue weighted by Gasteiger charge is -2.35. The molecule has 0 aliphatic carbocycles. The van der Waals surface area contributed by atoms with Gasteiger partial charge in [-0.25, -0.2) is 9.78 Å². The highest BCUT2D eigenvalue weighted by atomic mass is 16.2. The fourth-order valence-corrected chi connectivity index (χ4v) is 3.41. The number of carbonyl (C=O) groups is 2. The molecule has 1 aliphatic rings. The number of hydrogen-bond acceptors (Lipinski definition) is 3. The molecular weight excluding hydrogens is 318 g/mol. The average molecular weight is 343 g/mol. The molecule has 1 saturated heterocycles. The van der Waals surface area contributed by atoms with Gasteiger partial charge in [-0.15, -0.1) is 0 Å². The molecule has 25 heavy (non-hydrogen) atoms. The Labute approximate surface area is 147 Å². The van der Waals surface area contributed by atoms with Crippen molar-refractivity contribution in [2.45, 2.75) is 26.2 Å². The maximum atomic E-state index is 12.3. The largest absolute Gasteiger partial charge is 0.369 e. The lowest BCUT2D eigenvalue weighted by Crippen LogP contribution is -2.50. The number of urea groups is 1. The van der Waals surface area contributed by atoms with Crippen LogP contribution in [0.4, 0.5) is 4.79 Å². The number of nitrogens with two attached hydrogens (primary N) is 1. The van der Waals surface area contributed by atoms with Crippen molar-refractivity contribution in [2.75, 3.05) is 19.6 Å². The van der Waals surface area contributed by atoms with Crippen LogP contribution in [0.15, 0.2) is 24.3 Å². The summed E-state index contributed by atoms with van der Waals surface area (Å²) in [5.41, 5.74) is 7.39. The first-order chi connectivity index (χ1) is 12.0. The number of aryl methyl sites for hydroxylation is 1. The van der Waals surface area contributed by atoms with Gasteiger partial charge in [0.2, 0.25) is 5.91 Å². The molecule has 0 spiro atoms. The predicted molar refractivity (Wildman–Crippen MR) is 95.9 cm³/mol. The van der Waals surface area contributed by atoms with Crippen molar-refractivity contribution in [3.8, 4) is 0 Å². The molecule has 1 aliphatic heterocycles. The summed E-state index contributed by atoms with van der Waals surface area (Å²) in [6.07, 6.45) is 2.33. The minimum Gasteiger partial charge on any atom is -0.369 e. The van der Waals surface area contributed by atoms with Gasteiger partial charge in [0, 0.05) is 26.1 Å². The van der Waals surface area contributed by atoms with Crippen molar-refractivity contribution in [3.05, 3.63) is 30.1 Å². The summed E-state index contributed by atoms with van der Waals surface area (Å²) in [5, 5.41) is 2.93. The summed E-state index contributed by atoms with van der Waals surface area (Å²) >= 11 is 0. The molecule has 2 aromatic rings. The highest BCUT2D eigenvalue weighted by molar-refractivity contribution is 5.79. The number of aromatic nitrogens is 2. The molecule has 1 fully saturated rings. The number of amides is 3.